The number of nitrogens with zero attached hydrogens (tertiary/aromatic N) is 3. The Kier molecular flexibility index (Phi) is 6.75. The number of benzene rings is 2. The van der Waals surface area contributed by atoms with Crippen LogP contribution >= 0.6 is 11.6 Å². The van der Waals surface area contributed by atoms with E-state index in [0.717, 1.165) is 11.4 Å². The highest BCUT2D eigenvalue weighted by atomic mass is 35.5. The lowest BCUT2D eigenvalue weighted by molar-refractivity contribution is 0.0527. The minimum Gasteiger partial charge on any atom is -0.462 e. The van der Waals surface area contributed by atoms with Crippen molar-refractivity contribution in [3.8, 4) is 0 Å². The molecule has 0 spiro atoms. The van der Waals surface area contributed by atoms with E-state index in [9.17, 15) is 4.79 Å². The zero-order valence-corrected chi connectivity index (χ0v) is 16.1. The van der Waals surface area contributed by atoms with Gasteiger partial charge in [0.1, 0.15) is 0 Å². The maximum atomic E-state index is 12.1. The van der Waals surface area contributed by atoms with Crippen LogP contribution in [0.15, 0.2) is 54.7 Å². The summed E-state index contributed by atoms with van der Waals surface area (Å²) in [6.07, 6.45) is 2.36. The lowest BCUT2D eigenvalue weighted by atomic mass is 10.1. The van der Waals surface area contributed by atoms with Crippen molar-refractivity contribution in [3.05, 3.63) is 70.9 Å². The van der Waals surface area contributed by atoms with Crippen LogP contribution in [0.25, 0.3) is 0 Å². The van der Waals surface area contributed by atoms with Crippen molar-refractivity contribution >= 4 is 35.0 Å². The lowest BCUT2D eigenvalue weighted by Gasteiger charge is -2.11. The molecule has 0 amide bonds. The third-order valence-corrected chi connectivity index (χ3v) is 4.11. The molecule has 28 heavy (non-hydrogen) atoms. The Labute approximate surface area is 168 Å². The van der Waals surface area contributed by atoms with Crippen LogP contribution in [0.3, 0.4) is 0 Å². The second-order valence-electron chi connectivity index (χ2n) is 5.86. The van der Waals surface area contributed by atoms with Gasteiger partial charge in [-0.1, -0.05) is 35.9 Å². The molecule has 3 aromatic rings. The van der Waals surface area contributed by atoms with E-state index in [1.807, 2.05) is 30.3 Å². The predicted molar refractivity (Wildman–Crippen MR) is 109 cm³/mol. The van der Waals surface area contributed by atoms with E-state index in [-0.39, 0.29) is 5.95 Å². The second-order valence-corrected chi connectivity index (χ2v) is 6.30. The molecule has 0 atom stereocenters. The van der Waals surface area contributed by atoms with Crippen LogP contribution < -0.4 is 10.6 Å². The quantitative estimate of drug-likeness (QED) is 0.553. The number of anilines is 3. The molecule has 1 aromatic heterocycles. The standard InChI is InChI=1S/C20H20ClN5O2/c1-2-28-19(27)16-5-3-4-6-17(16)24-20-25-18(13-23-26-20)22-12-11-14-7-9-15(21)10-8-14/h3-10,13H,2,11-12H2,1H3,(H2,22,24,25,26). The molecule has 3 rings (SSSR count). The summed E-state index contributed by atoms with van der Waals surface area (Å²) in [5.41, 5.74) is 2.13. The molecule has 0 fully saturated rings. The Morgan fingerprint density at radius 3 is 2.71 bits per heavy atom. The van der Waals surface area contributed by atoms with Crippen molar-refractivity contribution in [2.45, 2.75) is 13.3 Å². The van der Waals surface area contributed by atoms with Gasteiger partial charge in [0.25, 0.3) is 0 Å². The lowest BCUT2D eigenvalue weighted by Crippen LogP contribution is -2.11. The topological polar surface area (TPSA) is 89.0 Å². The first-order valence-corrected chi connectivity index (χ1v) is 9.24. The first-order valence-electron chi connectivity index (χ1n) is 8.87. The van der Waals surface area contributed by atoms with Crippen LogP contribution in [0.4, 0.5) is 17.5 Å². The Bertz CT molecular complexity index is 934. The van der Waals surface area contributed by atoms with Crippen molar-refractivity contribution < 1.29 is 9.53 Å². The summed E-state index contributed by atoms with van der Waals surface area (Å²) in [4.78, 5) is 16.5. The van der Waals surface area contributed by atoms with Crippen LogP contribution in [0, 0.1) is 0 Å². The zero-order chi connectivity index (χ0) is 19.8. The molecular weight excluding hydrogens is 378 g/mol. The highest BCUT2D eigenvalue weighted by Gasteiger charge is 2.13. The normalized spacial score (nSPS) is 10.4. The molecule has 7 nitrogen and oxygen atoms in total. The molecule has 0 saturated carbocycles. The second kappa shape index (κ2) is 9.66. The predicted octanol–water partition coefficient (Wildman–Crippen LogP) is 4.10. The summed E-state index contributed by atoms with van der Waals surface area (Å²) < 4.78 is 5.08. The van der Waals surface area contributed by atoms with Gasteiger partial charge < -0.3 is 15.4 Å². The van der Waals surface area contributed by atoms with Gasteiger partial charge in [0, 0.05) is 11.6 Å². The number of nitrogens with one attached hydrogen (secondary N) is 2. The Hall–Kier alpha value is -3.19. The fraction of sp³-hybridized carbons (Fsp3) is 0.200. The molecule has 8 heteroatoms. The summed E-state index contributed by atoms with van der Waals surface area (Å²) in [6, 6.07) is 14.7. The monoisotopic (exact) mass is 397 g/mol. The molecule has 0 aliphatic rings. The van der Waals surface area contributed by atoms with Crippen LogP contribution in [-0.2, 0) is 11.2 Å². The van der Waals surface area contributed by atoms with Gasteiger partial charge in [-0.15, -0.1) is 5.10 Å². The summed E-state index contributed by atoms with van der Waals surface area (Å²) in [5.74, 6) is 0.462. The van der Waals surface area contributed by atoms with E-state index < -0.39 is 5.97 Å². The molecule has 0 saturated heterocycles. The highest BCUT2D eigenvalue weighted by molar-refractivity contribution is 6.30. The zero-order valence-electron chi connectivity index (χ0n) is 15.4. The van der Waals surface area contributed by atoms with Gasteiger partial charge in [0.2, 0.25) is 5.95 Å². The molecule has 0 unspecified atom stereocenters. The summed E-state index contributed by atoms with van der Waals surface area (Å²) in [6.45, 7) is 2.75. The van der Waals surface area contributed by atoms with Crippen LogP contribution in [-0.4, -0.2) is 34.3 Å². The summed E-state index contributed by atoms with van der Waals surface area (Å²) in [5, 5.41) is 14.9. The number of ether oxygens (including phenoxy) is 1. The maximum absolute atomic E-state index is 12.1. The van der Waals surface area contributed by atoms with Crippen LogP contribution in [0.5, 0.6) is 0 Å². The fourth-order valence-electron chi connectivity index (χ4n) is 2.53. The molecule has 2 N–H and O–H groups in total. The number of halogens is 1. The first kappa shape index (κ1) is 19.6. The van der Waals surface area contributed by atoms with Gasteiger partial charge >= 0.3 is 5.97 Å². The Morgan fingerprint density at radius 1 is 1.14 bits per heavy atom. The van der Waals surface area contributed by atoms with Crippen molar-refractivity contribution in [2.24, 2.45) is 0 Å². The maximum Gasteiger partial charge on any atom is 0.340 e. The van der Waals surface area contributed by atoms with E-state index in [1.54, 1.807) is 31.3 Å². The molecule has 1 heterocycles. The first-order chi connectivity index (χ1) is 13.7. The van der Waals surface area contributed by atoms with Crippen molar-refractivity contribution in [1.82, 2.24) is 15.2 Å². The smallest absolute Gasteiger partial charge is 0.340 e. The number of carbonyl (C=O) groups is 1. The van der Waals surface area contributed by atoms with E-state index in [2.05, 4.69) is 25.8 Å². The number of rotatable bonds is 8. The van der Waals surface area contributed by atoms with Gasteiger partial charge in [0.05, 0.1) is 24.1 Å². The molecule has 0 aliphatic heterocycles. The number of aromatic nitrogens is 3. The fourth-order valence-corrected chi connectivity index (χ4v) is 2.65. The van der Waals surface area contributed by atoms with Crippen LogP contribution in [0.2, 0.25) is 5.02 Å². The van der Waals surface area contributed by atoms with E-state index >= 15 is 0 Å². The molecule has 0 aliphatic carbocycles. The van der Waals surface area contributed by atoms with E-state index in [4.69, 9.17) is 16.3 Å². The number of esters is 1. The van der Waals surface area contributed by atoms with Crippen molar-refractivity contribution in [2.75, 3.05) is 23.8 Å². The van der Waals surface area contributed by atoms with Gasteiger partial charge in [-0.05, 0) is 43.2 Å². The SMILES string of the molecule is CCOC(=O)c1ccccc1Nc1nncc(NCCc2ccc(Cl)cc2)n1. The average Bonchev–Trinajstić information content (AvgIpc) is 2.70. The van der Waals surface area contributed by atoms with Gasteiger partial charge in [-0.25, -0.2) is 4.79 Å². The molecule has 2 aromatic carbocycles. The minimum absolute atomic E-state index is 0.285. The van der Waals surface area contributed by atoms with E-state index in [0.29, 0.717) is 30.2 Å². The van der Waals surface area contributed by atoms with Crippen LogP contribution in [0.1, 0.15) is 22.8 Å². The van der Waals surface area contributed by atoms with Crippen molar-refractivity contribution in [1.29, 1.82) is 0 Å². The van der Waals surface area contributed by atoms with Gasteiger partial charge in [-0.3, -0.25) is 0 Å². The number of hydrogen-bond acceptors (Lipinski definition) is 7. The van der Waals surface area contributed by atoms with Gasteiger partial charge in [0.15, 0.2) is 5.82 Å². The van der Waals surface area contributed by atoms with Gasteiger partial charge in [-0.2, -0.15) is 10.1 Å². The Balaban J connectivity index is 1.64. The van der Waals surface area contributed by atoms with Crippen molar-refractivity contribution in [3.63, 3.8) is 0 Å². The summed E-state index contributed by atoms with van der Waals surface area (Å²) >= 11 is 5.90. The number of para-hydroxylation sites is 1. The minimum atomic E-state index is -0.407. The highest BCUT2D eigenvalue weighted by Crippen LogP contribution is 2.20. The molecule has 0 bridgehead atoms. The molecule has 0 radical (unpaired) electrons. The summed E-state index contributed by atoms with van der Waals surface area (Å²) in [7, 11) is 0. The number of carbonyl (C=O) groups excluding carboxylic acids is 1. The average molecular weight is 398 g/mol. The molecular formula is C20H20ClN5O2. The largest absolute Gasteiger partial charge is 0.462 e. The molecule has 144 valence electrons. The van der Waals surface area contributed by atoms with E-state index in [1.165, 1.54) is 5.56 Å². The Morgan fingerprint density at radius 2 is 1.93 bits per heavy atom. The third-order valence-electron chi connectivity index (χ3n) is 3.86. The third kappa shape index (κ3) is 5.40. The number of hydrogen-bond donors (Lipinski definition) is 2.